The number of hydrogen-bond donors (Lipinski definition) is 1. The number of nitrogens with one attached hydrogen (secondary N) is 1. The van der Waals surface area contributed by atoms with Crippen LogP contribution in [0.15, 0.2) is 85.1 Å². The molecule has 2 aliphatic heterocycles. The highest BCUT2D eigenvalue weighted by Gasteiger charge is 2.33. The van der Waals surface area contributed by atoms with Crippen LogP contribution in [0.5, 0.6) is 11.5 Å². The minimum absolute atomic E-state index is 0.183. The van der Waals surface area contributed by atoms with E-state index in [1.807, 2.05) is 55.4 Å². The number of urea groups is 1. The van der Waals surface area contributed by atoms with E-state index < -0.39 is 0 Å². The fraction of sp³-hybridized carbons (Fsp3) is 0.207. The van der Waals surface area contributed by atoms with Crippen LogP contribution in [0.3, 0.4) is 0 Å². The smallest absolute Gasteiger partial charge is 0.322 e. The van der Waals surface area contributed by atoms with E-state index in [4.69, 9.17) is 9.47 Å². The highest BCUT2D eigenvalue weighted by molar-refractivity contribution is 5.90. The first-order valence-electron chi connectivity index (χ1n) is 12.1. The Balaban J connectivity index is 1.41. The molecule has 1 N–H and O–H groups in total. The Hall–Kier alpha value is -4.39. The molecule has 2 aliphatic rings. The Morgan fingerprint density at radius 1 is 0.917 bits per heavy atom. The molecule has 0 radical (unpaired) electrons. The third-order valence-electron chi connectivity index (χ3n) is 6.74. The minimum atomic E-state index is -0.277. The van der Waals surface area contributed by atoms with Gasteiger partial charge >= 0.3 is 6.03 Å². The van der Waals surface area contributed by atoms with Crippen molar-refractivity contribution >= 4 is 17.4 Å². The molecule has 7 nitrogen and oxygen atoms in total. The summed E-state index contributed by atoms with van der Waals surface area (Å²) < 4.78 is 13.5. The lowest BCUT2D eigenvalue weighted by Gasteiger charge is -2.31. The van der Waals surface area contributed by atoms with E-state index in [1.54, 1.807) is 0 Å². The molecule has 2 amide bonds. The molecule has 1 aromatic heterocycles. The number of amides is 2. The van der Waals surface area contributed by atoms with Crippen LogP contribution in [0.4, 0.5) is 16.2 Å². The second-order valence-corrected chi connectivity index (χ2v) is 9.24. The summed E-state index contributed by atoms with van der Waals surface area (Å²) in [4.78, 5) is 17.9. The average Bonchev–Trinajstić information content (AvgIpc) is 3.33. The molecule has 3 heterocycles. The number of rotatable bonds is 3. The Labute approximate surface area is 210 Å². The second-order valence-electron chi connectivity index (χ2n) is 9.24. The van der Waals surface area contributed by atoms with Crippen LogP contribution >= 0.6 is 0 Å². The van der Waals surface area contributed by atoms with Crippen molar-refractivity contribution in [3.63, 3.8) is 0 Å². The first kappa shape index (κ1) is 22.1. The largest absolute Gasteiger partial charge is 0.486 e. The van der Waals surface area contributed by atoms with E-state index in [0.717, 1.165) is 28.2 Å². The van der Waals surface area contributed by atoms with Crippen LogP contribution in [-0.2, 0) is 6.54 Å². The number of nitrogens with zero attached hydrogens (tertiary/aromatic N) is 3. The molecule has 0 aliphatic carbocycles. The zero-order valence-corrected chi connectivity index (χ0v) is 20.3. The van der Waals surface area contributed by atoms with E-state index in [1.165, 1.54) is 0 Å². The van der Waals surface area contributed by atoms with Crippen LogP contribution in [0, 0.1) is 0 Å². The molecule has 1 atom stereocenters. The van der Waals surface area contributed by atoms with Crippen molar-refractivity contribution in [3.8, 4) is 17.2 Å². The monoisotopic (exact) mass is 480 g/mol. The normalized spacial score (nSPS) is 15.9. The SMILES string of the molecule is CN(C)c1ccc([C@H]2c3cccn3-c3ccccc3CN2C(=O)Nc2ccc3c(c2)OCCO3)cc1. The summed E-state index contributed by atoms with van der Waals surface area (Å²) >= 11 is 0. The first-order valence-corrected chi connectivity index (χ1v) is 12.1. The molecule has 4 aromatic rings. The third-order valence-corrected chi connectivity index (χ3v) is 6.74. The van der Waals surface area contributed by atoms with Gasteiger partial charge in [-0.2, -0.15) is 0 Å². The number of benzene rings is 3. The summed E-state index contributed by atoms with van der Waals surface area (Å²) in [7, 11) is 4.05. The van der Waals surface area contributed by atoms with Crippen molar-refractivity contribution in [2.75, 3.05) is 37.5 Å². The van der Waals surface area contributed by atoms with Gasteiger partial charge in [-0.3, -0.25) is 0 Å². The quantitative estimate of drug-likeness (QED) is 0.424. The zero-order valence-electron chi connectivity index (χ0n) is 20.3. The van der Waals surface area contributed by atoms with Crippen molar-refractivity contribution in [2.45, 2.75) is 12.6 Å². The van der Waals surface area contributed by atoms with Crippen LogP contribution < -0.4 is 19.7 Å². The second kappa shape index (κ2) is 9.00. The third kappa shape index (κ3) is 3.92. The van der Waals surface area contributed by atoms with Gasteiger partial charge < -0.3 is 29.2 Å². The number of aromatic nitrogens is 1. The van der Waals surface area contributed by atoms with Crippen molar-refractivity contribution in [1.29, 1.82) is 0 Å². The van der Waals surface area contributed by atoms with Gasteiger partial charge in [-0.1, -0.05) is 30.3 Å². The van der Waals surface area contributed by atoms with Gasteiger partial charge in [-0.15, -0.1) is 0 Å². The summed E-state index contributed by atoms with van der Waals surface area (Å²) in [5.41, 5.74) is 6.03. The molecule has 0 saturated heterocycles. The molecule has 0 unspecified atom stereocenters. The highest BCUT2D eigenvalue weighted by atomic mass is 16.6. The van der Waals surface area contributed by atoms with Gasteiger partial charge in [0.25, 0.3) is 0 Å². The Bertz CT molecular complexity index is 1410. The van der Waals surface area contributed by atoms with Gasteiger partial charge in [-0.25, -0.2) is 4.79 Å². The van der Waals surface area contributed by atoms with E-state index in [2.05, 4.69) is 63.4 Å². The standard InChI is InChI=1S/C29H28N4O3/c1-31(2)23-12-9-20(10-13-23)28-25-8-5-15-32(25)24-7-4-3-6-21(24)19-33(28)29(34)30-22-11-14-26-27(18-22)36-17-16-35-26/h3-15,18,28H,16-17,19H2,1-2H3,(H,30,34)/t28-/m0/s1. The fourth-order valence-corrected chi connectivity index (χ4v) is 4.96. The van der Waals surface area contributed by atoms with Gasteiger partial charge in [-0.05, 0) is 53.6 Å². The van der Waals surface area contributed by atoms with Crippen molar-refractivity contribution < 1.29 is 14.3 Å². The molecule has 36 heavy (non-hydrogen) atoms. The maximum Gasteiger partial charge on any atom is 0.322 e. The summed E-state index contributed by atoms with van der Waals surface area (Å²) in [6.07, 6.45) is 2.07. The van der Waals surface area contributed by atoms with Gasteiger partial charge in [0.05, 0.1) is 18.3 Å². The van der Waals surface area contributed by atoms with Gasteiger partial charge in [0.15, 0.2) is 11.5 Å². The molecule has 0 saturated carbocycles. The lowest BCUT2D eigenvalue weighted by atomic mass is 10.0. The molecule has 3 aromatic carbocycles. The van der Waals surface area contributed by atoms with Crippen LogP contribution in [0.1, 0.15) is 22.9 Å². The molecule has 0 spiro atoms. The number of para-hydroxylation sites is 1. The topological polar surface area (TPSA) is 59.0 Å². The van der Waals surface area contributed by atoms with Crippen molar-refractivity contribution in [2.24, 2.45) is 0 Å². The maximum atomic E-state index is 13.9. The van der Waals surface area contributed by atoms with E-state index in [-0.39, 0.29) is 12.1 Å². The maximum absolute atomic E-state index is 13.9. The summed E-state index contributed by atoms with van der Waals surface area (Å²) in [5, 5.41) is 3.11. The molecule has 7 heteroatoms. The first-order chi connectivity index (χ1) is 17.6. The van der Waals surface area contributed by atoms with E-state index in [0.29, 0.717) is 36.9 Å². The van der Waals surface area contributed by atoms with Crippen LogP contribution in [0.2, 0.25) is 0 Å². The molecule has 6 rings (SSSR count). The summed E-state index contributed by atoms with van der Waals surface area (Å²) in [6.45, 7) is 1.49. The number of anilines is 2. The highest BCUT2D eigenvalue weighted by Crippen LogP contribution is 2.38. The molecule has 0 fully saturated rings. The average molecular weight is 481 g/mol. The van der Waals surface area contributed by atoms with Crippen LogP contribution in [0.25, 0.3) is 5.69 Å². The summed E-state index contributed by atoms with van der Waals surface area (Å²) in [5.74, 6) is 1.34. The Kier molecular flexibility index (Phi) is 5.52. The number of carbonyl (C=O) groups is 1. The predicted octanol–water partition coefficient (Wildman–Crippen LogP) is 5.45. The van der Waals surface area contributed by atoms with Crippen molar-refractivity contribution in [3.05, 3.63) is 102 Å². The van der Waals surface area contributed by atoms with Gasteiger partial charge in [0, 0.05) is 43.4 Å². The number of fused-ring (bicyclic) bond motifs is 4. The molecule has 182 valence electrons. The van der Waals surface area contributed by atoms with Gasteiger partial charge in [0.1, 0.15) is 13.2 Å². The molecular formula is C29H28N4O3. The predicted molar refractivity (Wildman–Crippen MR) is 140 cm³/mol. The Morgan fingerprint density at radius 2 is 1.69 bits per heavy atom. The lowest BCUT2D eigenvalue weighted by Crippen LogP contribution is -2.38. The Morgan fingerprint density at radius 3 is 2.50 bits per heavy atom. The number of hydrogen-bond acceptors (Lipinski definition) is 4. The molecular weight excluding hydrogens is 452 g/mol. The summed E-state index contributed by atoms with van der Waals surface area (Å²) in [6, 6.07) is 25.8. The lowest BCUT2D eigenvalue weighted by molar-refractivity contribution is 0.171. The van der Waals surface area contributed by atoms with Gasteiger partial charge in [0.2, 0.25) is 0 Å². The minimum Gasteiger partial charge on any atom is -0.486 e. The number of ether oxygens (including phenoxy) is 2. The van der Waals surface area contributed by atoms with E-state index >= 15 is 0 Å². The van der Waals surface area contributed by atoms with Crippen molar-refractivity contribution in [1.82, 2.24) is 9.47 Å². The van der Waals surface area contributed by atoms with Crippen LogP contribution in [-0.4, -0.2) is 42.8 Å². The molecule has 0 bridgehead atoms. The zero-order chi connectivity index (χ0) is 24.6. The van der Waals surface area contributed by atoms with E-state index in [9.17, 15) is 4.79 Å². The fourth-order valence-electron chi connectivity index (χ4n) is 4.96. The number of carbonyl (C=O) groups excluding carboxylic acids is 1.